The number of alkyl carbamates (subject to hydrolysis) is 1. The minimum Gasteiger partial charge on any atom is -0.444 e. The van der Waals surface area contributed by atoms with Crippen LogP contribution in [0.2, 0.25) is 0 Å². The molecular weight excluding hydrogens is 236 g/mol. The van der Waals surface area contributed by atoms with E-state index in [0.29, 0.717) is 12.8 Å². The monoisotopic (exact) mass is 256 g/mol. The first-order valence-corrected chi connectivity index (χ1v) is 5.60. The fourth-order valence-electron chi connectivity index (χ4n) is 0.999. The molecule has 0 fully saturated rings. The number of nitrogens with zero attached hydrogens (tertiary/aromatic N) is 1. The lowest BCUT2D eigenvalue weighted by Gasteiger charge is -2.20. The first kappa shape index (κ1) is 16.1. The summed E-state index contributed by atoms with van der Waals surface area (Å²) in [6.07, 6.45) is 2.30. The first-order valence-electron chi connectivity index (χ1n) is 5.60. The second kappa shape index (κ2) is 7.47. The molecule has 0 rings (SSSR count). The molecule has 2 amide bonds. The van der Waals surface area contributed by atoms with Crippen molar-refractivity contribution in [3.8, 4) is 0 Å². The van der Waals surface area contributed by atoms with Gasteiger partial charge in [0.1, 0.15) is 11.9 Å². The molecule has 0 aromatic carbocycles. The zero-order valence-electron chi connectivity index (χ0n) is 11.2. The Labute approximate surface area is 107 Å². The van der Waals surface area contributed by atoms with Crippen molar-refractivity contribution in [1.29, 1.82) is 0 Å². The van der Waals surface area contributed by atoms with Crippen LogP contribution >= 0.6 is 0 Å². The van der Waals surface area contributed by atoms with Crippen LogP contribution in [0, 0.1) is 0 Å². The normalized spacial score (nSPS) is 11.1. The van der Waals surface area contributed by atoms with E-state index in [9.17, 15) is 14.4 Å². The fourth-order valence-corrected chi connectivity index (χ4v) is 0.999. The number of amides is 2. The Morgan fingerprint density at radius 2 is 1.94 bits per heavy atom. The van der Waals surface area contributed by atoms with E-state index < -0.39 is 11.7 Å². The molecule has 0 saturated carbocycles. The number of nitrogens with one attached hydrogen (secondary N) is 1. The predicted molar refractivity (Wildman–Crippen MR) is 67.1 cm³/mol. The van der Waals surface area contributed by atoms with Gasteiger partial charge in [0.2, 0.25) is 5.91 Å². The highest BCUT2D eigenvalue weighted by Gasteiger charge is 2.15. The van der Waals surface area contributed by atoms with E-state index in [2.05, 4.69) is 5.32 Å². The van der Waals surface area contributed by atoms with Crippen LogP contribution < -0.4 is 5.32 Å². The molecule has 0 spiro atoms. The number of likely N-dealkylation sites (N-methyl/N-ethyl adjacent to an activating group) is 1. The molecule has 0 bridgehead atoms. The Bertz CT molecular complexity index is 331. The average Bonchev–Trinajstić information content (AvgIpc) is 2.23. The third-order valence-electron chi connectivity index (χ3n) is 1.81. The zero-order chi connectivity index (χ0) is 14.2. The second-order valence-electron chi connectivity index (χ2n) is 4.68. The molecular formula is C12H20N2O4. The maximum atomic E-state index is 11.3. The van der Waals surface area contributed by atoms with Gasteiger partial charge in [0.15, 0.2) is 0 Å². The molecule has 0 aromatic heterocycles. The summed E-state index contributed by atoms with van der Waals surface area (Å²) in [5.41, 5.74) is -0.543. The molecule has 0 unspecified atom stereocenters. The third kappa shape index (κ3) is 8.32. The van der Waals surface area contributed by atoms with Crippen LogP contribution in [-0.2, 0) is 14.3 Å². The maximum Gasteiger partial charge on any atom is 0.407 e. The number of carbonyl (C=O) groups excluding carboxylic acids is 3. The van der Waals surface area contributed by atoms with Gasteiger partial charge in [-0.25, -0.2) is 4.79 Å². The first-order chi connectivity index (χ1) is 8.26. The highest BCUT2D eigenvalue weighted by Crippen LogP contribution is 2.06. The number of carbonyl (C=O) groups is 3. The number of allylic oxidation sites excluding steroid dienone is 1. The van der Waals surface area contributed by atoms with Crippen molar-refractivity contribution in [3.63, 3.8) is 0 Å². The van der Waals surface area contributed by atoms with Gasteiger partial charge >= 0.3 is 6.09 Å². The van der Waals surface area contributed by atoms with E-state index in [-0.39, 0.29) is 12.5 Å². The Hall–Kier alpha value is -1.85. The van der Waals surface area contributed by atoms with E-state index in [1.54, 1.807) is 27.8 Å². The molecule has 6 nitrogen and oxygen atoms in total. The van der Waals surface area contributed by atoms with Crippen molar-refractivity contribution >= 4 is 18.3 Å². The summed E-state index contributed by atoms with van der Waals surface area (Å²) in [5, 5.41) is 2.53. The molecule has 0 aliphatic carbocycles. The van der Waals surface area contributed by atoms with Crippen molar-refractivity contribution in [2.24, 2.45) is 0 Å². The molecule has 0 aliphatic heterocycles. The van der Waals surface area contributed by atoms with E-state index in [0.717, 1.165) is 6.08 Å². The van der Waals surface area contributed by atoms with Crippen LogP contribution in [0.15, 0.2) is 12.2 Å². The van der Waals surface area contributed by atoms with Crippen molar-refractivity contribution in [1.82, 2.24) is 10.2 Å². The second-order valence-corrected chi connectivity index (χ2v) is 4.68. The molecule has 0 aliphatic rings. The quantitative estimate of drug-likeness (QED) is 0.581. The fraction of sp³-hybridized carbons (Fsp3) is 0.583. The summed E-state index contributed by atoms with van der Waals surface area (Å²) < 4.78 is 5.03. The van der Waals surface area contributed by atoms with Gasteiger partial charge in [-0.1, -0.05) is 0 Å². The minimum atomic E-state index is -0.543. The third-order valence-corrected chi connectivity index (χ3v) is 1.81. The Balaban J connectivity index is 3.91. The van der Waals surface area contributed by atoms with E-state index in [1.165, 1.54) is 11.0 Å². The molecule has 0 radical (unpaired) electrons. The summed E-state index contributed by atoms with van der Waals surface area (Å²) >= 11 is 0. The topological polar surface area (TPSA) is 75.7 Å². The molecule has 0 aromatic rings. The zero-order valence-corrected chi connectivity index (χ0v) is 11.2. The van der Waals surface area contributed by atoms with Gasteiger partial charge in [-0.05, 0) is 26.8 Å². The molecule has 0 atom stereocenters. The number of aldehydes is 1. The highest BCUT2D eigenvalue weighted by molar-refractivity contribution is 5.90. The van der Waals surface area contributed by atoms with Crippen LogP contribution in [0.4, 0.5) is 4.79 Å². The Morgan fingerprint density at radius 1 is 1.33 bits per heavy atom. The van der Waals surface area contributed by atoms with Crippen molar-refractivity contribution < 1.29 is 19.1 Å². The van der Waals surface area contributed by atoms with Gasteiger partial charge in [-0.2, -0.15) is 0 Å². The smallest absolute Gasteiger partial charge is 0.407 e. The standard InChI is InChI=1S/C12H20N2O4/c1-12(2,3)18-11(17)13-7-8-14(4)10(16)6-5-9-15/h5-6,9H,7-8H2,1-4H3,(H,13,17)/b6-5-. The Morgan fingerprint density at radius 3 is 2.44 bits per heavy atom. The van der Waals surface area contributed by atoms with E-state index in [1.807, 2.05) is 0 Å². The average molecular weight is 256 g/mol. The van der Waals surface area contributed by atoms with E-state index in [4.69, 9.17) is 4.74 Å². The van der Waals surface area contributed by atoms with Crippen molar-refractivity contribution in [2.45, 2.75) is 26.4 Å². The van der Waals surface area contributed by atoms with Crippen LogP contribution in [0.5, 0.6) is 0 Å². The summed E-state index contributed by atoms with van der Waals surface area (Å²) in [5.74, 6) is -0.298. The van der Waals surface area contributed by atoms with E-state index >= 15 is 0 Å². The lowest BCUT2D eigenvalue weighted by atomic mass is 10.2. The summed E-state index contributed by atoms with van der Waals surface area (Å²) in [6.45, 7) is 5.93. The van der Waals surface area contributed by atoms with Crippen LogP contribution in [-0.4, -0.2) is 48.9 Å². The molecule has 18 heavy (non-hydrogen) atoms. The summed E-state index contributed by atoms with van der Waals surface area (Å²) in [6, 6.07) is 0. The van der Waals surface area contributed by atoms with Crippen LogP contribution in [0.3, 0.4) is 0 Å². The van der Waals surface area contributed by atoms with Gasteiger partial charge in [0, 0.05) is 26.2 Å². The minimum absolute atomic E-state index is 0.284. The number of ether oxygens (including phenoxy) is 1. The van der Waals surface area contributed by atoms with Crippen molar-refractivity contribution in [3.05, 3.63) is 12.2 Å². The lowest BCUT2D eigenvalue weighted by molar-refractivity contribution is -0.124. The Kier molecular flexibility index (Phi) is 6.70. The summed E-state index contributed by atoms with van der Waals surface area (Å²) in [7, 11) is 1.58. The van der Waals surface area contributed by atoms with Gasteiger partial charge in [0.25, 0.3) is 0 Å². The number of hydrogen-bond donors (Lipinski definition) is 1. The molecule has 1 N–H and O–H groups in total. The predicted octanol–water partition coefficient (Wildman–Crippen LogP) is 0.725. The molecule has 102 valence electrons. The van der Waals surface area contributed by atoms with Gasteiger partial charge < -0.3 is 15.0 Å². The summed E-state index contributed by atoms with van der Waals surface area (Å²) in [4.78, 5) is 34.1. The molecule has 6 heteroatoms. The lowest BCUT2D eigenvalue weighted by Crippen LogP contribution is -2.38. The van der Waals surface area contributed by atoms with Crippen molar-refractivity contribution in [2.75, 3.05) is 20.1 Å². The van der Waals surface area contributed by atoms with Crippen LogP contribution in [0.1, 0.15) is 20.8 Å². The van der Waals surface area contributed by atoms with Crippen LogP contribution in [0.25, 0.3) is 0 Å². The SMILES string of the molecule is CN(CCNC(=O)OC(C)(C)C)C(=O)/C=C\C=O. The number of rotatable bonds is 5. The van der Waals surface area contributed by atoms with Gasteiger partial charge in [-0.3, -0.25) is 9.59 Å². The van der Waals surface area contributed by atoms with Gasteiger partial charge in [0.05, 0.1) is 0 Å². The largest absolute Gasteiger partial charge is 0.444 e. The highest BCUT2D eigenvalue weighted by atomic mass is 16.6. The van der Waals surface area contributed by atoms with Gasteiger partial charge in [-0.15, -0.1) is 0 Å². The molecule has 0 heterocycles. The number of hydrogen-bond acceptors (Lipinski definition) is 4. The molecule has 0 saturated heterocycles. The maximum absolute atomic E-state index is 11.3.